The fourth-order valence-corrected chi connectivity index (χ4v) is 2.94. The minimum absolute atomic E-state index is 0.274. The topological polar surface area (TPSA) is 46.5 Å². The molecular weight excluding hydrogens is 349 g/mol. The first-order chi connectivity index (χ1) is 12.8. The lowest BCUT2D eigenvalue weighted by Gasteiger charge is -2.06. The highest BCUT2D eigenvalue weighted by Crippen LogP contribution is 2.24. The van der Waals surface area contributed by atoms with E-state index in [-0.39, 0.29) is 11.6 Å². The van der Waals surface area contributed by atoms with Crippen LogP contribution >= 0.6 is 11.3 Å². The normalized spacial score (nSPS) is 11.0. The maximum Gasteiger partial charge on any atom is 0.203 e. The molecule has 0 aliphatic rings. The first-order valence-corrected chi connectivity index (χ1v) is 9.36. The minimum atomic E-state index is -0.384. The van der Waals surface area contributed by atoms with E-state index in [1.54, 1.807) is 18.3 Å². The van der Waals surface area contributed by atoms with Crippen LogP contribution in [0.5, 0.6) is 5.75 Å². The average Bonchev–Trinajstić information content (AvgIpc) is 3.13. The zero-order chi connectivity index (χ0) is 18.2. The third kappa shape index (κ3) is 4.89. The van der Waals surface area contributed by atoms with Gasteiger partial charge in [0, 0.05) is 10.9 Å². The van der Waals surface area contributed by atoms with Gasteiger partial charge in [0.05, 0.1) is 18.5 Å². The molecule has 0 unspecified atom stereocenters. The van der Waals surface area contributed by atoms with Gasteiger partial charge in [-0.25, -0.2) is 9.37 Å². The third-order valence-corrected chi connectivity index (χ3v) is 4.41. The Kier molecular flexibility index (Phi) is 6.33. The summed E-state index contributed by atoms with van der Waals surface area (Å²) in [6, 6.07) is 14.7. The highest BCUT2D eigenvalue weighted by molar-refractivity contribution is 7.14. The summed E-state index contributed by atoms with van der Waals surface area (Å²) in [5.41, 5.74) is 5.49. The number of hydrazone groups is 1. The van der Waals surface area contributed by atoms with Crippen molar-refractivity contribution in [3.63, 3.8) is 0 Å². The van der Waals surface area contributed by atoms with Gasteiger partial charge in [-0.1, -0.05) is 43.7 Å². The molecule has 0 saturated heterocycles. The van der Waals surface area contributed by atoms with E-state index < -0.39 is 0 Å². The van der Waals surface area contributed by atoms with Crippen LogP contribution < -0.4 is 10.2 Å². The van der Waals surface area contributed by atoms with Crippen LogP contribution in [-0.4, -0.2) is 17.8 Å². The van der Waals surface area contributed by atoms with Gasteiger partial charge in [0.25, 0.3) is 0 Å². The molecule has 2 aromatic carbocycles. The Hall–Kier alpha value is -2.73. The predicted octanol–water partition coefficient (Wildman–Crippen LogP) is 5.57. The number of nitrogens with one attached hydrogen (secondary N) is 1. The number of rotatable bonds is 8. The van der Waals surface area contributed by atoms with Crippen molar-refractivity contribution in [1.82, 2.24) is 4.98 Å². The molecule has 6 heteroatoms. The molecule has 0 atom stereocenters. The standard InChI is InChI=1S/C20H20FN3OS/c1-2-3-11-25-19-10-9-15(12-17(19)21)13-22-24-20-23-18(14-26-20)16-7-5-4-6-8-16/h4-10,12-14H,2-3,11H2,1H3,(H,23,24). The molecule has 134 valence electrons. The van der Waals surface area contributed by atoms with Gasteiger partial charge in [-0.15, -0.1) is 11.3 Å². The zero-order valence-electron chi connectivity index (χ0n) is 14.5. The number of benzene rings is 2. The highest BCUT2D eigenvalue weighted by atomic mass is 32.1. The molecule has 0 saturated carbocycles. The van der Waals surface area contributed by atoms with Crippen LogP contribution in [0.4, 0.5) is 9.52 Å². The number of hydrogen-bond acceptors (Lipinski definition) is 5. The summed E-state index contributed by atoms with van der Waals surface area (Å²) >= 11 is 1.47. The molecule has 0 amide bonds. The molecule has 4 nitrogen and oxygen atoms in total. The number of hydrogen-bond donors (Lipinski definition) is 1. The summed E-state index contributed by atoms with van der Waals surface area (Å²) in [5, 5.41) is 6.78. The fourth-order valence-electron chi connectivity index (χ4n) is 2.27. The van der Waals surface area contributed by atoms with E-state index in [4.69, 9.17) is 4.74 Å². The number of aromatic nitrogens is 1. The van der Waals surface area contributed by atoms with E-state index in [9.17, 15) is 4.39 Å². The average molecular weight is 369 g/mol. The molecule has 0 radical (unpaired) electrons. The van der Waals surface area contributed by atoms with Crippen molar-refractivity contribution < 1.29 is 9.13 Å². The van der Waals surface area contributed by atoms with Gasteiger partial charge in [0.1, 0.15) is 0 Å². The number of ether oxygens (including phenoxy) is 1. The van der Waals surface area contributed by atoms with Gasteiger partial charge in [0.2, 0.25) is 5.13 Å². The van der Waals surface area contributed by atoms with E-state index in [2.05, 4.69) is 22.4 Å². The number of thiazole rings is 1. The third-order valence-electron chi connectivity index (χ3n) is 3.66. The SMILES string of the molecule is CCCCOc1ccc(C=NNc2nc(-c3ccccc3)cs2)cc1F. The number of nitrogens with zero attached hydrogens (tertiary/aromatic N) is 2. The lowest BCUT2D eigenvalue weighted by atomic mass is 10.2. The number of halogens is 1. The van der Waals surface area contributed by atoms with Gasteiger partial charge in [-0.05, 0) is 30.2 Å². The van der Waals surface area contributed by atoms with Crippen LogP contribution in [0.3, 0.4) is 0 Å². The summed E-state index contributed by atoms with van der Waals surface area (Å²) in [4.78, 5) is 4.48. The Morgan fingerprint density at radius 3 is 2.85 bits per heavy atom. The van der Waals surface area contributed by atoms with E-state index in [1.165, 1.54) is 17.4 Å². The van der Waals surface area contributed by atoms with Gasteiger partial charge >= 0.3 is 0 Å². The van der Waals surface area contributed by atoms with Crippen LogP contribution in [0.15, 0.2) is 59.0 Å². The Bertz CT molecular complexity index is 865. The van der Waals surface area contributed by atoms with Crippen molar-refractivity contribution in [2.45, 2.75) is 19.8 Å². The summed E-state index contributed by atoms with van der Waals surface area (Å²) in [7, 11) is 0. The van der Waals surface area contributed by atoms with Crippen molar-refractivity contribution in [3.8, 4) is 17.0 Å². The highest BCUT2D eigenvalue weighted by Gasteiger charge is 2.05. The van der Waals surface area contributed by atoms with Crippen molar-refractivity contribution >= 4 is 22.7 Å². The second-order valence-electron chi connectivity index (χ2n) is 5.67. The molecule has 1 heterocycles. The molecule has 1 aromatic heterocycles. The summed E-state index contributed by atoms with van der Waals surface area (Å²) in [5.74, 6) is -0.110. The molecule has 3 rings (SSSR count). The lowest BCUT2D eigenvalue weighted by molar-refractivity contribution is 0.294. The van der Waals surface area contributed by atoms with Gasteiger partial charge in [-0.3, -0.25) is 5.43 Å². The van der Waals surface area contributed by atoms with Crippen LogP contribution in [0, 0.1) is 5.82 Å². The molecule has 0 spiro atoms. The zero-order valence-corrected chi connectivity index (χ0v) is 15.3. The Balaban J connectivity index is 1.59. The van der Waals surface area contributed by atoms with Crippen molar-refractivity contribution in [3.05, 3.63) is 65.3 Å². The maximum atomic E-state index is 14.0. The largest absolute Gasteiger partial charge is 0.491 e. The van der Waals surface area contributed by atoms with Crippen molar-refractivity contribution in [2.75, 3.05) is 12.0 Å². The van der Waals surface area contributed by atoms with E-state index >= 15 is 0 Å². The lowest BCUT2D eigenvalue weighted by Crippen LogP contribution is -1.99. The number of anilines is 1. The molecule has 0 fully saturated rings. The smallest absolute Gasteiger partial charge is 0.203 e. The van der Waals surface area contributed by atoms with E-state index in [0.29, 0.717) is 17.3 Å². The summed E-state index contributed by atoms with van der Waals surface area (Å²) in [6.07, 6.45) is 3.48. The van der Waals surface area contributed by atoms with Crippen molar-refractivity contribution in [2.24, 2.45) is 5.10 Å². The Labute approximate surface area is 156 Å². The maximum absolute atomic E-state index is 14.0. The predicted molar refractivity (Wildman–Crippen MR) is 106 cm³/mol. The first-order valence-electron chi connectivity index (χ1n) is 8.48. The molecule has 26 heavy (non-hydrogen) atoms. The van der Waals surface area contributed by atoms with Crippen molar-refractivity contribution in [1.29, 1.82) is 0 Å². The minimum Gasteiger partial charge on any atom is -0.491 e. The molecule has 3 aromatic rings. The monoisotopic (exact) mass is 369 g/mol. The van der Waals surface area contributed by atoms with Crippen LogP contribution in [0.2, 0.25) is 0 Å². The summed E-state index contributed by atoms with van der Waals surface area (Å²) < 4.78 is 19.4. The Morgan fingerprint density at radius 1 is 1.23 bits per heavy atom. The van der Waals surface area contributed by atoms with Gasteiger partial charge in [-0.2, -0.15) is 5.10 Å². The molecular formula is C20H20FN3OS. The van der Waals surface area contributed by atoms with E-state index in [1.807, 2.05) is 35.7 Å². The Morgan fingerprint density at radius 2 is 2.08 bits per heavy atom. The van der Waals surface area contributed by atoms with Crippen LogP contribution in [0.1, 0.15) is 25.3 Å². The van der Waals surface area contributed by atoms with Crippen LogP contribution in [0.25, 0.3) is 11.3 Å². The molecule has 0 aliphatic heterocycles. The van der Waals surface area contributed by atoms with Gasteiger partial charge in [0.15, 0.2) is 11.6 Å². The fraction of sp³-hybridized carbons (Fsp3) is 0.200. The number of unbranched alkanes of at least 4 members (excludes halogenated alkanes) is 1. The second-order valence-corrected chi connectivity index (χ2v) is 6.52. The van der Waals surface area contributed by atoms with Gasteiger partial charge < -0.3 is 4.74 Å². The molecule has 1 N–H and O–H groups in total. The summed E-state index contributed by atoms with van der Waals surface area (Å²) in [6.45, 7) is 2.59. The molecule has 0 bridgehead atoms. The first kappa shape index (κ1) is 18.1. The van der Waals surface area contributed by atoms with Crippen LogP contribution in [-0.2, 0) is 0 Å². The van der Waals surface area contributed by atoms with E-state index in [0.717, 1.165) is 24.1 Å². The quantitative estimate of drug-likeness (QED) is 0.320. The second kappa shape index (κ2) is 9.10. The molecule has 0 aliphatic carbocycles.